The maximum Gasteiger partial charge on any atom is 0.140 e. The molecule has 13 heavy (non-hydrogen) atoms. The number of phenolic OH excluding ortho intramolecular Hbond substituents is 2. The second-order valence-corrected chi connectivity index (χ2v) is 2.39. The first-order valence-corrected chi connectivity index (χ1v) is 3.82. The van der Waals surface area contributed by atoms with Crippen molar-refractivity contribution >= 4 is 17.5 Å². The lowest BCUT2D eigenvalue weighted by molar-refractivity contribution is 0.277. The molecule has 0 fully saturated rings. The summed E-state index contributed by atoms with van der Waals surface area (Å²) in [6.45, 7) is 0. The molecule has 0 unspecified atom stereocenters. The Bertz CT molecular complexity index is 255. The molecule has 0 spiro atoms. The Balaban J connectivity index is 0.000000424. The lowest BCUT2D eigenvalue weighted by atomic mass is 10.3. The van der Waals surface area contributed by atoms with Crippen LogP contribution in [0, 0.1) is 0 Å². The molecule has 0 aliphatic carbocycles. The van der Waals surface area contributed by atoms with Crippen LogP contribution in [0.4, 0.5) is 5.69 Å². The highest BCUT2D eigenvalue weighted by molar-refractivity contribution is 6.24. The Labute approximate surface area is 81.8 Å². The van der Waals surface area contributed by atoms with Crippen LogP contribution in [0.1, 0.15) is 0 Å². The van der Waals surface area contributed by atoms with E-state index in [1.807, 2.05) is 0 Å². The number of halogens is 1. The van der Waals surface area contributed by atoms with E-state index < -0.39 is 0 Å². The summed E-state index contributed by atoms with van der Waals surface area (Å²) in [5.74, 6) is 0.0637. The van der Waals surface area contributed by atoms with Crippen molar-refractivity contribution in [3.8, 4) is 11.5 Å². The van der Waals surface area contributed by atoms with Crippen molar-refractivity contribution in [2.45, 2.75) is 0 Å². The highest BCUT2D eigenvalue weighted by Gasteiger charge is 1.98. The van der Waals surface area contributed by atoms with Crippen LogP contribution in [-0.4, -0.2) is 24.4 Å². The Morgan fingerprint density at radius 3 is 2.23 bits per heavy atom. The largest absolute Gasteiger partial charge is 0.508 e. The van der Waals surface area contributed by atoms with E-state index in [9.17, 15) is 0 Å². The first-order chi connectivity index (χ1) is 6.15. The standard InChI is InChI=1S/C6H6ClNO2.C2H6O/c7-8-5-3-4(9)1-2-6(5)10;1-3-2/h1-3,8-10H;1-2H3. The molecule has 0 amide bonds. The predicted molar refractivity (Wildman–Crippen MR) is 52.2 cm³/mol. The van der Waals surface area contributed by atoms with Gasteiger partial charge in [0, 0.05) is 32.1 Å². The van der Waals surface area contributed by atoms with E-state index in [0.717, 1.165) is 0 Å². The normalized spacial score (nSPS) is 8.54. The maximum absolute atomic E-state index is 8.98. The van der Waals surface area contributed by atoms with Gasteiger partial charge in [-0.25, -0.2) is 0 Å². The minimum absolute atomic E-state index is 0.00722. The van der Waals surface area contributed by atoms with E-state index in [-0.39, 0.29) is 11.5 Å². The third-order valence-corrected chi connectivity index (χ3v) is 1.29. The van der Waals surface area contributed by atoms with E-state index in [0.29, 0.717) is 5.69 Å². The average molecular weight is 206 g/mol. The summed E-state index contributed by atoms with van der Waals surface area (Å²) in [6, 6.07) is 4.04. The fourth-order valence-electron chi connectivity index (χ4n) is 0.600. The van der Waals surface area contributed by atoms with E-state index in [2.05, 4.69) is 9.57 Å². The summed E-state index contributed by atoms with van der Waals surface area (Å²) >= 11 is 5.18. The molecule has 0 aliphatic rings. The molecule has 0 radical (unpaired) electrons. The Hall–Kier alpha value is -1.13. The van der Waals surface area contributed by atoms with Crippen molar-refractivity contribution in [3.05, 3.63) is 18.2 Å². The summed E-state index contributed by atoms with van der Waals surface area (Å²) in [5, 5.41) is 17.8. The number of hydrogen-bond donors (Lipinski definition) is 3. The van der Waals surface area contributed by atoms with Gasteiger partial charge in [-0.1, -0.05) is 0 Å². The van der Waals surface area contributed by atoms with Gasteiger partial charge < -0.3 is 14.9 Å². The molecule has 1 aromatic rings. The second-order valence-electron chi connectivity index (χ2n) is 2.20. The summed E-state index contributed by atoms with van der Waals surface area (Å²) < 4.78 is 4.25. The maximum atomic E-state index is 8.98. The van der Waals surface area contributed by atoms with Gasteiger partial charge in [-0.05, 0) is 12.1 Å². The SMILES string of the molecule is COC.Oc1ccc(O)c(NCl)c1. The average Bonchev–Trinajstić information content (AvgIpc) is 2.10. The molecule has 0 aromatic heterocycles. The van der Waals surface area contributed by atoms with Crippen LogP contribution in [0.3, 0.4) is 0 Å². The lowest BCUT2D eigenvalue weighted by Gasteiger charge is -2.00. The van der Waals surface area contributed by atoms with Crippen molar-refractivity contribution in [2.24, 2.45) is 0 Å². The molecule has 4 nitrogen and oxygen atoms in total. The van der Waals surface area contributed by atoms with Gasteiger partial charge in [0.15, 0.2) is 0 Å². The highest BCUT2D eigenvalue weighted by Crippen LogP contribution is 2.27. The molecule has 0 atom stereocenters. The Morgan fingerprint density at radius 2 is 1.85 bits per heavy atom. The third kappa shape index (κ3) is 4.45. The van der Waals surface area contributed by atoms with Crippen LogP contribution in [-0.2, 0) is 4.74 Å². The van der Waals surface area contributed by atoms with Crippen molar-refractivity contribution < 1.29 is 14.9 Å². The van der Waals surface area contributed by atoms with Crippen LogP contribution in [0.5, 0.6) is 11.5 Å². The minimum atomic E-state index is 0.00722. The molecule has 74 valence electrons. The van der Waals surface area contributed by atoms with Crippen molar-refractivity contribution in [1.82, 2.24) is 0 Å². The quantitative estimate of drug-likeness (QED) is 0.373. The van der Waals surface area contributed by atoms with Crippen molar-refractivity contribution in [2.75, 3.05) is 19.1 Å². The molecule has 0 aliphatic heterocycles. The topological polar surface area (TPSA) is 61.7 Å². The number of rotatable bonds is 1. The number of phenols is 2. The van der Waals surface area contributed by atoms with Crippen molar-refractivity contribution in [3.63, 3.8) is 0 Å². The smallest absolute Gasteiger partial charge is 0.140 e. The zero-order valence-electron chi connectivity index (χ0n) is 7.41. The van der Waals surface area contributed by atoms with E-state index >= 15 is 0 Å². The first-order valence-electron chi connectivity index (χ1n) is 3.44. The Kier molecular flexibility index (Phi) is 5.84. The summed E-state index contributed by atoms with van der Waals surface area (Å²) in [6.07, 6.45) is 0. The van der Waals surface area contributed by atoms with Crippen LogP contribution in [0.25, 0.3) is 0 Å². The molecular weight excluding hydrogens is 194 g/mol. The minimum Gasteiger partial charge on any atom is -0.508 e. The fraction of sp³-hybridized carbons (Fsp3) is 0.250. The van der Waals surface area contributed by atoms with E-state index in [4.69, 9.17) is 22.0 Å². The summed E-state index contributed by atoms with van der Waals surface area (Å²) in [7, 11) is 3.25. The molecule has 3 N–H and O–H groups in total. The van der Waals surface area contributed by atoms with Crippen LogP contribution >= 0.6 is 11.8 Å². The number of ether oxygens (including phenoxy) is 1. The van der Waals surface area contributed by atoms with E-state index in [1.54, 1.807) is 14.2 Å². The zero-order chi connectivity index (χ0) is 10.3. The molecule has 0 bridgehead atoms. The van der Waals surface area contributed by atoms with Crippen LogP contribution in [0.2, 0.25) is 0 Å². The van der Waals surface area contributed by atoms with Crippen LogP contribution in [0.15, 0.2) is 18.2 Å². The molecule has 5 heteroatoms. The monoisotopic (exact) mass is 205 g/mol. The highest BCUT2D eigenvalue weighted by atomic mass is 35.5. The third-order valence-electron chi connectivity index (χ3n) is 1.08. The fourth-order valence-corrected chi connectivity index (χ4v) is 0.751. The number of benzene rings is 1. The van der Waals surface area contributed by atoms with Gasteiger partial charge in [0.2, 0.25) is 0 Å². The molecule has 0 heterocycles. The molecule has 1 aromatic carbocycles. The molecule has 0 saturated carbocycles. The molecule has 1 rings (SSSR count). The lowest BCUT2D eigenvalue weighted by Crippen LogP contribution is -1.79. The summed E-state index contributed by atoms with van der Waals surface area (Å²) in [4.78, 5) is 2.20. The van der Waals surface area contributed by atoms with Gasteiger partial charge in [0.05, 0.1) is 5.69 Å². The predicted octanol–water partition coefficient (Wildman–Crippen LogP) is 1.93. The van der Waals surface area contributed by atoms with E-state index in [1.165, 1.54) is 18.2 Å². The second kappa shape index (κ2) is 6.39. The van der Waals surface area contributed by atoms with Gasteiger partial charge in [0.25, 0.3) is 0 Å². The van der Waals surface area contributed by atoms with Crippen LogP contribution < -0.4 is 4.84 Å². The first kappa shape index (κ1) is 11.9. The van der Waals surface area contributed by atoms with Gasteiger partial charge in [-0.2, -0.15) is 0 Å². The zero-order valence-corrected chi connectivity index (χ0v) is 8.17. The van der Waals surface area contributed by atoms with Gasteiger partial charge >= 0.3 is 0 Å². The van der Waals surface area contributed by atoms with Gasteiger partial charge in [-0.3, -0.25) is 4.84 Å². The van der Waals surface area contributed by atoms with Crippen molar-refractivity contribution in [1.29, 1.82) is 0 Å². The molecule has 0 saturated heterocycles. The number of anilines is 1. The number of methoxy groups -OCH3 is 1. The number of aromatic hydroxyl groups is 2. The van der Waals surface area contributed by atoms with Gasteiger partial charge in [0.1, 0.15) is 11.5 Å². The number of hydrogen-bond acceptors (Lipinski definition) is 4. The summed E-state index contributed by atoms with van der Waals surface area (Å²) in [5.41, 5.74) is 0.293. The number of nitrogens with one attached hydrogen (secondary N) is 1. The van der Waals surface area contributed by atoms with Gasteiger partial charge in [-0.15, -0.1) is 0 Å². The Morgan fingerprint density at radius 1 is 1.31 bits per heavy atom. The molecular formula is C8H12ClNO3.